The first-order chi connectivity index (χ1) is 14.4. The average molecular weight is 390 g/mol. The number of nitrogens with zero attached hydrogens (tertiary/aromatic N) is 4. The molecule has 0 unspecified atom stereocenters. The van der Waals surface area contributed by atoms with Crippen molar-refractivity contribution in [2.24, 2.45) is 0 Å². The Labute approximate surface area is 172 Å². The Hall–Kier alpha value is -2.96. The maximum Gasteiger partial charge on any atom is 0.224 e. The Bertz CT molecular complexity index is 869. The number of rotatable bonds is 8. The normalized spacial score (nSPS) is 14.5. The molecule has 0 aliphatic carbocycles. The maximum atomic E-state index is 5.40. The van der Waals surface area contributed by atoms with E-state index < -0.39 is 0 Å². The molecule has 6 nitrogen and oxygen atoms in total. The van der Waals surface area contributed by atoms with Crippen molar-refractivity contribution in [2.75, 3.05) is 49.6 Å². The van der Waals surface area contributed by atoms with Crippen molar-refractivity contribution < 1.29 is 4.74 Å². The molecule has 2 aromatic carbocycles. The molecule has 0 radical (unpaired) electrons. The highest BCUT2D eigenvalue weighted by molar-refractivity contribution is 5.60. The zero-order valence-corrected chi connectivity index (χ0v) is 16.6. The molecule has 1 aliphatic rings. The topological polar surface area (TPSA) is 53.5 Å². The summed E-state index contributed by atoms with van der Waals surface area (Å²) in [4.78, 5) is 13.8. The van der Waals surface area contributed by atoms with Crippen LogP contribution in [0.2, 0.25) is 0 Å². The number of para-hydroxylation sites is 1. The molecule has 0 bridgehead atoms. The lowest BCUT2D eigenvalue weighted by atomic mass is 10.2. The van der Waals surface area contributed by atoms with Crippen molar-refractivity contribution in [2.45, 2.75) is 6.54 Å². The Morgan fingerprint density at radius 3 is 2.41 bits per heavy atom. The number of morpholine rings is 1. The minimum Gasteiger partial charge on any atom is -0.379 e. The lowest BCUT2D eigenvalue weighted by Crippen LogP contribution is -2.39. The van der Waals surface area contributed by atoms with Gasteiger partial charge in [0.2, 0.25) is 5.95 Å². The van der Waals surface area contributed by atoms with Gasteiger partial charge in [-0.1, -0.05) is 48.5 Å². The molecule has 1 fully saturated rings. The van der Waals surface area contributed by atoms with E-state index in [1.165, 1.54) is 5.56 Å². The summed E-state index contributed by atoms with van der Waals surface area (Å²) in [7, 11) is 0. The van der Waals surface area contributed by atoms with Crippen molar-refractivity contribution in [3.8, 4) is 0 Å². The summed E-state index contributed by atoms with van der Waals surface area (Å²) in [5.74, 6) is 1.54. The minimum atomic E-state index is 0.657. The van der Waals surface area contributed by atoms with Crippen LogP contribution in [0, 0.1) is 0 Å². The second-order valence-electron chi connectivity index (χ2n) is 7.03. The van der Waals surface area contributed by atoms with Gasteiger partial charge in [0.25, 0.3) is 0 Å². The first-order valence-corrected chi connectivity index (χ1v) is 10.1. The Kier molecular flexibility index (Phi) is 6.68. The molecular weight excluding hydrogens is 362 g/mol. The predicted octanol–water partition coefficient (Wildman–Crippen LogP) is 3.56. The molecule has 1 aliphatic heterocycles. The molecule has 1 saturated heterocycles. The third-order valence-electron chi connectivity index (χ3n) is 4.98. The monoisotopic (exact) mass is 389 g/mol. The molecule has 0 atom stereocenters. The molecule has 1 N–H and O–H groups in total. The maximum absolute atomic E-state index is 5.40. The van der Waals surface area contributed by atoms with Gasteiger partial charge in [-0.3, -0.25) is 4.90 Å². The van der Waals surface area contributed by atoms with Gasteiger partial charge in [0.15, 0.2) is 0 Å². The fourth-order valence-corrected chi connectivity index (χ4v) is 3.41. The first kappa shape index (κ1) is 19.4. The van der Waals surface area contributed by atoms with Gasteiger partial charge in [-0.2, -0.15) is 4.98 Å². The van der Waals surface area contributed by atoms with Gasteiger partial charge >= 0.3 is 0 Å². The van der Waals surface area contributed by atoms with Gasteiger partial charge < -0.3 is 15.0 Å². The van der Waals surface area contributed by atoms with Gasteiger partial charge in [0.05, 0.1) is 13.2 Å². The van der Waals surface area contributed by atoms with Crippen molar-refractivity contribution in [3.05, 3.63) is 78.5 Å². The number of hydrogen-bond acceptors (Lipinski definition) is 6. The Morgan fingerprint density at radius 2 is 1.66 bits per heavy atom. The van der Waals surface area contributed by atoms with Crippen LogP contribution in [-0.4, -0.2) is 54.3 Å². The Balaban J connectivity index is 1.47. The minimum absolute atomic E-state index is 0.657. The molecular formula is C23H27N5O. The highest BCUT2D eigenvalue weighted by atomic mass is 16.5. The van der Waals surface area contributed by atoms with Crippen LogP contribution in [0.25, 0.3) is 0 Å². The van der Waals surface area contributed by atoms with E-state index in [0.29, 0.717) is 5.95 Å². The van der Waals surface area contributed by atoms with E-state index >= 15 is 0 Å². The van der Waals surface area contributed by atoms with Crippen LogP contribution in [-0.2, 0) is 11.3 Å². The van der Waals surface area contributed by atoms with Crippen molar-refractivity contribution >= 4 is 17.5 Å². The zero-order valence-electron chi connectivity index (χ0n) is 16.6. The van der Waals surface area contributed by atoms with Crippen molar-refractivity contribution in [1.82, 2.24) is 14.9 Å². The number of aromatic nitrogens is 2. The van der Waals surface area contributed by atoms with Crippen LogP contribution >= 0.6 is 0 Å². The number of benzene rings is 2. The van der Waals surface area contributed by atoms with E-state index in [9.17, 15) is 0 Å². The van der Waals surface area contributed by atoms with Gasteiger partial charge in [-0.15, -0.1) is 0 Å². The van der Waals surface area contributed by atoms with Crippen LogP contribution < -0.4 is 10.2 Å². The number of anilines is 3. The van der Waals surface area contributed by atoms with Gasteiger partial charge in [-0.05, 0) is 23.8 Å². The third kappa shape index (κ3) is 5.53. The molecule has 0 saturated carbocycles. The largest absolute Gasteiger partial charge is 0.379 e. The van der Waals surface area contributed by atoms with E-state index in [1.54, 1.807) is 0 Å². The highest BCUT2D eigenvalue weighted by Crippen LogP contribution is 2.26. The first-order valence-electron chi connectivity index (χ1n) is 10.1. The lowest BCUT2D eigenvalue weighted by Gasteiger charge is -2.26. The zero-order chi connectivity index (χ0) is 19.7. The van der Waals surface area contributed by atoms with Crippen LogP contribution in [0.4, 0.5) is 17.5 Å². The molecule has 6 heteroatoms. The van der Waals surface area contributed by atoms with Crippen molar-refractivity contribution in [3.63, 3.8) is 0 Å². The van der Waals surface area contributed by atoms with Crippen LogP contribution in [0.15, 0.2) is 72.9 Å². The number of ether oxygens (including phenoxy) is 1. The van der Waals surface area contributed by atoms with Gasteiger partial charge in [0.1, 0.15) is 5.82 Å². The molecule has 0 amide bonds. The lowest BCUT2D eigenvalue weighted by molar-refractivity contribution is 0.0398. The summed E-state index contributed by atoms with van der Waals surface area (Å²) < 4.78 is 5.40. The summed E-state index contributed by atoms with van der Waals surface area (Å²) >= 11 is 0. The second-order valence-corrected chi connectivity index (χ2v) is 7.03. The summed E-state index contributed by atoms with van der Waals surface area (Å²) in [5, 5.41) is 3.37. The van der Waals surface area contributed by atoms with E-state index in [1.807, 2.05) is 24.4 Å². The third-order valence-corrected chi connectivity index (χ3v) is 4.98. The second kappa shape index (κ2) is 10.0. The van der Waals surface area contributed by atoms with E-state index in [4.69, 9.17) is 9.72 Å². The molecule has 2 heterocycles. The molecule has 1 aromatic heterocycles. The summed E-state index contributed by atoms with van der Waals surface area (Å²) in [5.41, 5.74) is 2.34. The average Bonchev–Trinajstić information content (AvgIpc) is 2.80. The molecule has 0 spiro atoms. The SMILES string of the molecule is c1ccc(CN(c2ccccc2)c2ccnc(NCCN3CCOCC3)n2)cc1. The molecule has 4 rings (SSSR count). The quantitative estimate of drug-likeness (QED) is 0.636. The summed E-state index contributed by atoms with van der Waals surface area (Å²) in [6.07, 6.45) is 1.82. The molecule has 150 valence electrons. The van der Waals surface area contributed by atoms with Crippen LogP contribution in [0.3, 0.4) is 0 Å². The number of nitrogens with one attached hydrogen (secondary N) is 1. The Morgan fingerprint density at radius 1 is 0.931 bits per heavy atom. The van der Waals surface area contributed by atoms with Crippen LogP contribution in [0.5, 0.6) is 0 Å². The molecule has 29 heavy (non-hydrogen) atoms. The molecule has 3 aromatic rings. The fraction of sp³-hybridized carbons (Fsp3) is 0.304. The fourth-order valence-electron chi connectivity index (χ4n) is 3.41. The van der Waals surface area contributed by atoms with Gasteiger partial charge in [-0.25, -0.2) is 4.98 Å². The smallest absolute Gasteiger partial charge is 0.224 e. The summed E-state index contributed by atoms with van der Waals surface area (Å²) in [6.45, 7) is 6.13. The number of hydrogen-bond donors (Lipinski definition) is 1. The predicted molar refractivity (Wildman–Crippen MR) is 117 cm³/mol. The van der Waals surface area contributed by atoms with Crippen LogP contribution in [0.1, 0.15) is 5.56 Å². The van der Waals surface area contributed by atoms with Gasteiger partial charge in [0, 0.05) is 44.6 Å². The van der Waals surface area contributed by atoms with E-state index in [0.717, 1.165) is 57.4 Å². The standard InChI is InChI=1S/C23H27N5O/c1-3-7-20(8-4-1)19-28(21-9-5-2-6-10-21)22-11-12-24-23(26-22)25-13-14-27-15-17-29-18-16-27/h1-12H,13-19H2,(H,24,25,26). The van der Waals surface area contributed by atoms with E-state index in [-0.39, 0.29) is 0 Å². The van der Waals surface area contributed by atoms with Crippen molar-refractivity contribution in [1.29, 1.82) is 0 Å². The summed E-state index contributed by atoms with van der Waals surface area (Å²) in [6, 6.07) is 22.8. The van der Waals surface area contributed by atoms with E-state index in [2.05, 4.69) is 68.6 Å². The highest BCUT2D eigenvalue weighted by Gasteiger charge is 2.13.